The van der Waals surface area contributed by atoms with E-state index in [1.807, 2.05) is 19.1 Å². The van der Waals surface area contributed by atoms with Crippen LogP contribution in [0.15, 0.2) is 42.5 Å². The highest BCUT2D eigenvalue weighted by molar-refractivity contribution is 5.25. The van der Waals surface area contributed by atoms with E-state index in [0.29, 0.717) is 12.3 Å². The highest BCUT2D eigenvalue weighted by Gasteiger charge is 2.29. The summed E-state index contributed by atoms with van der Waals surface area (Å²) in [6, 6.07) is 10.9. The molecule has 0 saturated carbocycles. The van der Waals surface area contributed by atoms with Crippen LogP contribution in [0.5, 0.6) is 5.88 Å². The molecule has 0 saturated heterocycles. The molecular weight excluding hydrogens is 291 g/mol. The molecule has 0 spiro atoms. The first-order valence-electron chi connectivity index (χ1n) is 7.07. The van der Waals surface area contributed by atoms with Crippen molar-refractivity contribution in [2.75, 3.05) is 7.11 Å². The van der Waals surface area contributed by atoms with Crippen LogP contribution in [-0.4, -0.2) is 12.1 Å². The number of aryl methyl sites for hydroxylation is 1. The first kappa shape index (κ1) is 16.3. The zero-order chi connectivity index (χ0) is 16.2. The van der Waals surface area contributed by atoms with E-state index in [9.17, 15) is 13.2 Å². The third-order valence-electron chi connectivity index (χ3n) is 3.61. The molecule has 0 unspecified atom stereocenters. The predicted molar refractivity (Wildman–Crippen MR) is 79.0 cm³/mol. The molecule has 1 aromatic heterocycles. The molecule has 0 N–H and O–H groups in total. The number of pyridine rings is 1. The van der Waals surface area contributed by atoms with Gasteiger partial charge in [0.2, 0.25) is 5.88 Å². The van der Waals surface area contributed by atoms with Gasteiger partial charge in [0.1, 0.15) is 0 Å². The molecule has 2 rings (SSSR count). The topological polar surface area (TPSA) is 22.1 Å². The first-order valence-corrected chi connectivity index (χ1v) is 7.07. The van der Waals surface area contributed by atoms with Crippen LogP contribution in [0.2, 0.25) is 0 Å². The second kappa shape index (κ2) is 6.81. The largest absolute Gasteiger partial charge is 0.481 e. The summed E-state index contributed by atoms with van der Waals surface area (Å²) < 4.78 is 42.6. The summed E-state index contributed by atoms with van der Waals surface area (Å²) >= 11 is 0. The fraction of sp³-hybridized carbons (Fsp3) is 0.353. The SMILES string of the molecule is COc1cccc([C@@H](C)CCc2ccc(C(F)(F)F)cc2)n1. The fourth-order valence-electron chi connectivity index (χ4n) is 2.21. The van der Waals surface area contributed by atoms with Gasteiger partial charge in [0, 0.05) is 11.8 Å². The lowest BCUT2D eigenvalue weighted by atomic mass is 9.97. The van der Waals surface area contributed by atoms with Crippen LogP contribution in [0.3, 0.4) is 0 Å². The maximum Gasteiger partial charge on any atom is 0.416 e. The Morgan fingerprint density at radius 2 is 1.77 bits per heavy atom. The molecule has 0 aliphatic carbocycles. The highest BCUT2D eigenvalue weighted by atomic mass is 19.4. The Kier molecular flexibility index (Phi) is 5.06. The number of nitrogens with zero attached hydrogens (tertiary/aromatic N) is 1. The Bertz CT molecular complexity index is 608. The molecule has 1 aromatic carbocycles. The molecular formula is C17H18F3NO. The van der Waals surface area contributed by atoms with Gasteiger partial charge in [0.25, 0.3) is 0 Å². The van der Waals surface area contributed by atoms with Gasteiger partial charge in [-0.2, -0.15) is 13.2 Å². The van der Waals surface area contributed by atoms with Gasteiger partial charge in [-0.3, -0.25) is 0 Å². The second-order valence-corrected chi connectivity index (χ2v) is 5.24. The molecule has 0 aliphatic heterocycles. The minimum Gasteiger partial charge on any atom is -0.481 e. The van der Waals surface area contributed by atoms with E-state index in [1.165, 1.54) is 12.1 Å². The molecule has 0 amide bonds. The van der Waals surface area contributed by atoms with Gasteiger partial charge >= 0.3 is 6.18 Å². The quantitative estimate of drug-likeness (QED) is 0.788. The van der Waals surface area contributed by atoms with Crippen LogP contribution in [0.1, 0.15) is 36.1 Å². The summed E-state index contributed by atoms with van der Waals surface area (Å²) in [4.78, 5) is 4.38. The van der Waals surface area contributed by atoms with Crippen molar-refractivity contribution in [2.45, 2.75) is 31.9 Å². The van der Waals surface area contributed by atoms with Gasteiger partial charge in [-0.15, -0.1) is 0 Å². The summed E-state index contributed by atoms with van der Waals surface area (Å²) in [5, 5.41) is 0. The lowest BCUT2D eigenvalue weighted by molar-refractivity contribution is -0.137. The van der Waals surface area contributed by atoms with Crippen LogP contribution in [-0.2, 0) is 12.6 Å². The highest BCUT2D eigenvalue weighted by Crippen LogP contribution is 2.29. The maximum absolute atomic E-state index is 12.5. The molecule has 1 heterocycles. The van der Waals surface area contributed by atoms with Gasteiger partial charge in [0.15, 0.2) is 0 Å². The van der Waals surface area contributed by atoms with E-state index in [0.717, 1.165) is 29.8 Å². The number of rotatable bonds is 5. The molecule has 0 aliphatic rings. The van der Waals surface area contributed by atoms with Crippen molar-refractivity contribution in [1.82, 2.24) is 4.98 Å². The Labute approximate surface area is 128 Å². The van der Waals surface area contributed by atoms with Crippen molar-refractivity contribution in [3.8, 4) is 5.88 Å². The minimum absolute atomic E-state index is 0.206. The third kappa shape index (κ3) is 4.23. The number of benzene rings is 1. The van der Waals surface area contributed by atoms with Crippen LogP contribution in [0.4, 0.5) is 13.2 Å². The standard InChI is InChI=1S/C17H18F3NO/c1-12(15-4-3-5-16(21-15)22-2)6-7-13-8-10-14(11-9-13)17(18,19)20/h3-5,8-12H,6-7H2,1-2H3/t12-/m0/s1. The third-order valence-corrected chi connectivity index (χ3v) is 3.61. The van der Waals surface area contributed by atoms with Gasteiger partial charge in [-0.1, -0.05) is 25.1 Å². The molecule has 1 atom stereocenters. The maximum atomic E-state index is 12.5. The summed E-state index contributed by atoms with van der Waals surface area (Å²) in [6.45, 7) is 2.05. The molecule has 0 bridgehead atoms. The zero-order valence-electron chi connectivity index (χ0n) is 12.5. The average molecular weight is 309 g/mol. The van der Waals surface area contributed by atoms with Crippen LogP contribution >= 0.6 is 0 Å². The van der Waals surface area contributed by atoms with E-state index >= 15 is 0 Å². The normalized spacial score (nSPS) is 13.0. The summed E-state index contributed by atoms with van der Waals surface area (Å²) in [7, 11) is 1.57. The number of alkyl halides is 3. The van der Waals surface area contributed by atoms with Crippen molar-refractivity contribution < 1.29 is 17.9 Å². The molecule has 2 nitrogen and oxygen atoms in total. The molecule has 0 fully saturated rings. The van der Waals surface area contributed by atoms with Crippen LogP contribution in [0, 0.1) is 0 Å². The fourth-order valence-corrected chi connectivity index (χ4v) is 2.21. The summed E-state index contributed by atoms with van der Waals surface area (Å²) in [5.41, 5.74) is 1.20. The molecule has 5 heteroatoms. The van der Waals surface area contributed by atoms with Gasteiger partial charge < -0.3 is 4.74 Å². The number of hydrogen-bond acceptors (Lipinski definition) is 2. The Balaban J connectivity index is 1.97. The molecule has 0 radical (unpaired) electrons. The van der Waals surface area contributed by atoms with Gasteiger partial charge in [-0.25, -0.2) is 4.98 Å². The smallest absolute Gasteiger partial charge is 0.416 e. The van der Waals surface area contributed by atoms with Crippen molar-refractivity contribution >= 4 is 0 Å². The lowest BCUT2D eigenvalue weighted by Crippen LogP contribution is -2.05. The molecule has 118 valence electrons. The Morgan fingerprint density at radius 1 is 1.09 bits per heavy atom. The predicted octanol–water partition coefficient (Wildman–Crippen LogP) is 4.85. The van der Waals surface area contributed by atoms with Crippen molar-refractivity contribution in [2.24, 2.45) is 0 Å². The number of hydrogen-bond donors (Lipinski definition) is 0. The Morgan fingerprint density at radius 3 is 2.36 bits per heavy atom. The number of ether oxygens (including phenoxy) is 1. The summed E-state index contributed by atoms with van der Waals surface area (Å²) in [5.74, 6) is 0.774. The van der Waals surface area contributed by atoms with Crippen LogP contribution in [0.25, 0.3) is 0 Å². The Hall–Kier alpha value is -2.04. The van der Waals surface area contributed by atoms with E-state index in [4.69, 9.17) is 4.74 Å². The van der Waals surface area contributed by atoms with E-state index in [-0.39, 0.29) is 5.92 Å². The number of halogens is 3. The van der Waals surface area contributed by atoms with Gasteiger partial charge in [-0.05, 0) is 42.5 Å². The van der Waals surface area contributed by atoms with E-state index < -0.39 is 11.7 Å². The monoisotopic (exact) mass is 309 g/mol. The van der Waals surface area contributed by atoms with E-state index in [1.54, 1.807) is 13.2 Å². The zero-order valence-corrected chi connectivity index (χ0v) is 12.5. The average Bonchev–Trinajstić information content (AvgIpc) is 2.52. The second-order valence-electron chi connectivity index (χ2n) is 5.24. The molecule has 2 aromatic rings. The molecule has 22 heavy (non-hydrogen) atoms. The van der Waals surface area contributed by atoms with Crippen LogP contribution < -0.4 is 4.74 Å². The number of methoxy groups -OCH3 is 1. The van der Waals surface area contributed by atoms with Crippen molar-refractivity contribution in [1.29, 1.82) is 0 Å². The van der Waals surface area contributed by atoms with Gasteiger partial charge in [0.05, 0.1) is 12.7 Å². The summed E-state index contributed by atoms with van der Waals surface area (Å²) in [6.07, 6.45) is -2.76. The first-order chi connectivity index (χ1) is 10.4. The number of aromatic nitrogens is 1. The van der Waals surface area contributed by atoms with Crippen molar-refractivity contribution in [3.63, 3.8) is 0 Å². The van der Waals surface area contributed by atoms with E-state index in [2.05, 4.69) is 4.98 Å². The van der Waals surface area contributed by atoms with Crippen molar-refractivity contribution in [3.05, 3.63) is 59.3 Å². The minimum atomic E-state index is -4.28. The lowest BCUT2D eigenvalue weighted by Gasteiger charge is -2.12.